The van der Waals surface area contributed by atoms with Gasteiger partial charge in [-0.25, -0.2) is 0 Å². The predicted molar refractivity (Wildman–Crippen MR) is 95.0 cm³/mol. The molecule has 1 atom stereocenters. The van der Waals surface area contributed by atoms with Gasteiger partial charge in [0.15, 0.2) is 0 Å². The molecule has 2 amide bonds. The molecular weight excluding hydrogens is 316 g/mol. The van der Waals surface area contributed by atoms with Gasteiger partial charge in [0.1, 0.15) is 6.04 Å². The van der Waals surface area contributed by atoms with Gasteiger partial charge < -0.3 is 14.7 Å². The molecule has 0 N–H and O–H groups in total. The summed E-state index contributed by atoms with van der Waals surface area (Å²) in [6.45, 7) is 5.29. The highest BCUT2D eigenvalue weighted by Crippen LogP contribution is 2.22. The fourth-order valence-corrected chi connectivity index (χ4v) is 3.75. The Kier molecular flexibility index (Phi) is 5.22. The van der Waals surface area contributed by atoms with Crippen molar-refractivity contribution in [2.75, 3.05) is 37.6 Å². The fourth-order valence-electron chi connectivity index (χ4n) is 3.75. The molecule has 1 aromatic rings. The molecule has 2 aliphatic rings. The highest BCUT2D eigenvalue weighted by atomic mass is 16.2. The number of amides is 2. The Bertz CT molecular complexity index is 680. The van der Waals surface area contributed by atoms with Crippen molar-refractivity contribution in [3.8, 4) is 6.07 Å². The van der Waals surface area contributed by atoms with Gasteiger partial charge in [0.25, 0.3) is 0 Å². The molecule has 2 fully saturated rings. The normalized spacial score (nSPS) is 21.0. The highest BCUT2D eigenvalue weighted by molar-refractivity contribution is 5.87. The number of nitriles is 1. The third kappa shape index (κ3) is 3.76. The molecule has 2 heterocycles. The molecule has 0 radical (unpaired) electrons. The third-order valence-electron chi connectivity index (χ3n) is 5.11. The number of benzene rings is 1. The third-order valence-corrected chi connectivity index (χ3v) is 5.11. The van der Waals surface area contributed by atoms with Gasteiger partial charge in [-0.1, -0.05) is 0 Å². The second kappa shape index (κ2) is 7.56. The average Bonchev–Trinajstić information content (AvgIpc) is 3.00. The van der Waals surface area contributed by atoms with Crippen LogP contribution in [0.1, 0.15) is 31.7 Å². The summed E-state index contributed by atoms with van der Waals surface area (Å²) in [5, 5.41) is 8.91. The van der Waals surface area contributed by atoms with E-state index < -0.39 is 0 Å². The van der Waals surface area contributed by atoms with Crippen molar-refractivity contribution in [3.05, 3.63) is 29.8 Å². The van der Waals surface area contributed by atoms with Crippen LogP contribution in [0.2, 0.25) is 0 Å². The lowest BCUT2D eigenvalue weighted by Crippen LogP contribution is -2.48. The van der Waals surface area contributed by atoms with E-state index >= 15 is 0 Å². The van der Waals surface area contributed by atoms with Crippen molar-refractivity contribution < 1.29 is 9.59 Å². The van der Waals surface area contributed by atoms with Crippen LogP contribution >= 0.6 is 0 Å². The first-order valence-electron chi connectivity index (χ1n) is 8.91. The molecule has 0 unspecified atom stereocenters. The van der Waals surface area contributed by atoms with Crippen LogP contribution in [0, 0.1) is 11.3 Å². The largest absolute Gasteiger partial charge is 0.370 e. The predicted octanol–water partition coefficient (Wildman–Crippen LogP) is 1.61. The monoisotopic (exact) mass is 340 g/mol. The lowest BCUT2D eigenvalue weighted by Gasteiger charge is -2.29. The Balaban J connectivity index is 1.64. The molecule has 2 saturated heterocycles. The zero-order chi connectivity index (χ0) is 17.8. The van der Waals surface area contributed by atoms with Gasteiger partial charge in [-0.2, -0.15) is 5.26 Å². The van der Waals surface area contributed by atoms with E-state index in [4.69, 9.17) is 5.26 Å². The van der Waals surface area contributed by atoms with E-state index in [-0.39, 0.29) is 17.9 Å². The smallest absolute Gasteiger partial charge is 0.245 e. The first kappa shape index (κ1) is 17.3. The summed E-state index contributed by atoms with van der Waals surface area (Å²) in [5.74, 6) is 0.0826. The maximum Gasteiger partial charge on any atom is 0.245 e. The quantitative estimate of drug-likeness (QED) is 0.820. The lowest BCUT2D eigenvalue weighted by molar-refractivity contribution is -0.142. The minimum Gasteiger partial charge on any atom is -0.370 e. The fraction of sp³-hybridized carbons (Fsp3) is 0.526. The molecule has 0 saturated carbocycles. The van der Waals surface area contributed by atoms with E-state index in [2.05, 4.69) is 11.0 Å². The molecule has 0 aliphatic carbocycles. The van der Waals surface area contributed by atoms with Crippen LogP contribution < -0.4 is 4.90 Å². The van der Waals surface area contributed by atoms with E-state index in [1.54, 1.807) is 11.8 Å². The number of hydrogen-bond acceptors (Lipinski definition) is 4. The average molecular weight is 340 g/mol. The van der Waals surface area contributed by atoms with Crippen LogP contribution in [-0.4, -0.2) is 60.4 Å². The van der Waals surface area contributed by atoms with E-state index in [0.717, 1.165) is 44.6 Å². The SMILES string of the molecule is CC(=O)N1CCC[C@H]1C(=O)N1CCCN(c2ccc(C#N)cc2)CC1. The van der Waals surface area contributed by atoms with Gasteiger partial charge in [0.2, 0.25) is 11.8 Å². The Morgan fingerprint density at radius 3 is 2.48 bits per heavy atom. The summed E-state index contributed by atoms with van der Waals surface area (Å²) in [7, 11) is 0. The number of carbonyl (C=O) groups is 2. The van der Waals surface area contributed by atoms with Gasteiger partial charge in [-0.05, 0) is 43.5 Å². The van der Waals surface area contributed by atoms with E-state index in [0.29, 0.717) is 18.7 Å². The molecule has 132 valence electrons. The zero-order valence-electron chi connectivity index (χ0n) is 14.6. The van der Waals surface area contributed by atoms with Gasteiger partial charge in [0, 0.05) is 45.3 Å². The van der Waals surface area contributed by atoms with Crippen molar-refractivity contribution >= 4 is 17.5 Å². The molecule has 0 aromatic heterocycles. The number of carbonyl (C=O) groups excluding carboxylic acids is 2. The molecule has 25 heavy (non-hydrogen) atoms. The number of anilines is 1. The molecule has 1 aromatic carbocycles. The maximum atomic E-state index is 12.9. The number of nitrogens with zero attached hydrogens (tertiary/aromatic N) is 4. The minimum atomic E-state index is -0.279. The van der Waals surface area contributed by atoms with Crippen LogP contribution in [0.4, 0.5) is 5.69 Å². The van der Waals surface area contributed by atoms with Crippen LogP contribution in [-0.2, 0) is 9.59 Å². The molecular formula is C19H24N4O2. The Hall–Kier alpha value is -2.55. The summed E-state index contributed by atoms with van der Waals surface area (Å²) in [4.78, 5) is 30.5. The molecule has 6 nitrogen and oxygen atoms in total. The topological polar surface area (TPSA) is 67.7 Å². The number of likely N-dealkylation sites (tertiary alicyclic amines) is 1. The number of rotatable bonds is 2. The Morgan fingerprint density at radius 2 is 1.80 bits per heavy atom. The van der Waals surface area contributed by atoms with Crippen molar-refractivity contribution in [1.29, 1.82) is 5.26 Å². The van der Waals surface area contributed by atoms with Crippen molar-refractivity contribution in [2.24, 2.45) is 0 Å². The second-order valence-electron chi connectivity index (χ2n) is 6.70. The molecule has 2 aliphatic heterocycles. The van der Waals surface area contributed by atoms with Gasteiger partial charge in [-0.3, -0.25) is 9.59 Å². The van der Waals surface area contributed by atoms with Crippen LogP contribution in [0.25, 0.3) is 0 Å². The first-order valence-corrected chi connectivity index (χ1v) is 8.91. The van der Waals surface area contributed by atoms with Gasteiger partial charge in [0.05, 0.1) is 11.6 Å². The number of hydrogen-bond donors (Lipinski definition) is 0. The Morgan fingerprint density at radius 1 is 1.04 bits per heavy atom. The van der Waals surface area contributed by atoms with Crippen LogP contribution in [0.15, 0.2) is 24.3 Å². The van der Waals surface area contributed by atoms with E-state index in [1.165, 1.54) is 0 Å². The lowest BCUT2D eigenvalue weighted by atomic mass is 10.2. The summed E-state index contributed by atoms with van der Waals surface area (Å²) < 4.78 is 0. The van der Waals surface area contributed by atoms with Gasteiger partial charge >= 0.3 is 0 Å². The molecule has 0 spiro atoms. The van der Waals surface area contributed by atoms with E-state index in [1.807, 2.05) is 29.2 Å². The van der Waals surface area contributed by atoms with Crippen molar-refractivity contribution in [1.82, 2.24) is 9.80 Å². The molecule has 3 rings (SSSR count). The first-order chi connectivity index (χ1) is 12.1. The summed E-state index contributed by atoms with van der Waals surface area (Å²) >= 11 is 0. The van der Waals surface area contributed by atoms with Crippen molar-refractivity contribution in [2.45, 2.75) is 32.2 Å². The van der Waals surface area contributed by atoms with Crippen LogP contribution in [0.5, 0.6) is 0 Å². The summed E-state index contributed by atoms with van der Waals surface area (Å²) in [6, 6.07) is 9.43. The van der Waals surface area contributed by atoms with Crippen molar-refractivity contribution in [3.63, 3.8) is 0 Å². The highest BCUT2D eigenvalue weighted by Gasteiger charge is 2.35. The molecule has 6 heteroatoms. The summed E-state index contributed by atoms with van der Waals surface area (Å²) in [5.41, 5.74) is 1.74. The Labute approximate surface area is 148 Å². The van der Waals surface area contributed by atoms with E-state index in [9.17, 15) is 9.59 Å². The minimum absolute atomic E-state index is 0.00937. The zero-order valence-corrected chi connectivity index (χ0v) is 14.6. The molecule has 0 bridgehead atoms. The standard InChI is InChI=1S/C19H24N4O2/c1-15(24)23-11-2-4-18(23)19(25)22-10-3-9-21(12-13-22)17-7-5-16(14-20)6-8-17/h5-8,18H,2-4,9-13H2,1H3/t18-/m0/s1. The summed E-state index contributed by atoms with van der Waals surface area (Å²) in [6.07, 6.45) is 2.58. The second-order valence-corrected chi connectivity index (χ2v) is 6.70. The van der Waals surface area contributed by atoms with Gasteiger partial charge in [-0.15, -0.1) is 0 Å². The van der Waals surface area contributed by atoms with Crippen LogP contribution in [0.3, 0.4) is 0 Å². The maximum absolute atomic E-state index is 12.9.